The Kier molecular flexibility index (Phi) is 5.25. The third-order valence-corrected chi connectivity index (χ3v) is 4.89. The first kappa shape index (κ1) is 14.4. The number of hydrogen-bond donors (Lipinski definition) is 1. The summed E-state index contributed by atoms with van der Waals surface area (Å²) in [4.78, 5) is 0. The third kappa shape index (κ3) is 4.53. The molecule has 1 unspecified atom stereocenters. The molecular weight excluding hydrogens is 258 g/mol. The van der Waals surface area contributed by atoms with Crippen molar-refractivity contribution in [1.82, 2.24) is 0 Å². The highest BCUT2D eigenvalue weighted by Crippen LogP contribution is 2.22. The second-order valence-corrected chi connectivity index (χ2v) is 6.83. The Morgan fingerprint density at radius 1 is 1.42 bits per heavy atom. The van der Waals surface area contributed by atoms with Gasteiger partial charge in [0.2, 0.25) is 0 Å². The van der Waals surface area contributed by atoms with Gasteiger partial charge < -0.3 is 10.1 Å². The molecule has 1 aromatic rings. The molecule has 0 aromatic heterocycles. The van der Waals surface area contributed by atoms with E-state index in [2.05, 4.69) is 31.3 Å². The Morgan fingerprint density at radius 2 is 2.16 bits per heavy atom. The van der Waals surface area contributed by atoms with Crippen LogP contribution < -0.4 is 10.1 Å². The maximum Gasteiger partial charge on any atom is 0.121 e. The van der Waals surface area contributed by atoms with Gasteiger partial charge in [-0.1, -0.05) is 13.0 Å². The van der Waals surface area contributed by atoms with Crippen LogP contribution in [-0.2, 0) is 10.8 Å². The van der Waals surface area contributed by atoms with Crippen LogP contribution >= 0.6 is 0 Å². The molecule has 19 heavy (non-hydrogen) atoms. The Bertz CT molecular complexity index is 426. The second-order valence-electron chi connectivity index (χ2n) is 5.13. The first-order valence-electron chi connectivity index (χ1n) is 7.05. The summed E-state index contributed by atoms with van der Waals surface area (Å²) in [6.45, 7) is 4.20. The first-order chi connectivity index (χ1) is 9.17. The molecule has 0 spiro atoms. The molecule has 1 aromatic carbocycles. The van der Waals surface area contributed by atoms with Crippen molar-refractivity contribution in [3.63, 3.8) is 0 Å². The molecule has 106 valence electrons. The van der Waals surface area contributed by atoms with Gasteiger partial charge in [-0.15, -0.1) is 0 Å². The Balaban J connectivity index is 1.93. The summed E-state index contributed by atoms with van der Waals surface area (Å²) in [5.41, 5.74) is 1.10. The van der Waals surface area contributed by atoms with Crippen molar-refractivity contribution in [2.45, 2.75) is 45.3 Å². The zero-order valence-electron chi connectivity index (χ0n) is 11.7. The van der Waals surface area contributed by atoms with E-state index in [-0.39, 0.29) is 6.10 Å². The van der Waals surface area contributed by atoms with Crippen molar-refractivity contribution in [2.75, 3.05) is 16.8 Å². The largest absolute Gasteiger partial charge is 0.491 e. The van der Waals surface area contributed by atoms with E-state index in [9.17, 15) is 4.21 Å². The Morgan fingerprint density at radius 3 is 2.84 bits per heavy atom. The number of anilines is 1. The lowest BCUT2D eigenvalue weighted by Crippen LogP contribution is -2.29. The minimum absolute atomic E-state index is 0.243. The van der Waals surface area contributed by atoms with Crippen molar-refractivity contribution in [3.8, 4) is 5.75 Å². The van der Waals surface area contributed by atoms with Crippen molar-refractivity contribution in [2.24, 2.45) is 0 Å². The molecule has 0 radical (unpaired) electrons. The summed E-state index contributed by atoms with van der Waals surface area (Å²) in [7, 11) is -0.597. The SMILES string of the molecule is CCC(C)Oc1cccc(NC2CCS(=O)CC2)c1. The predicted octanol–water partition coefficient (Wildman–Crippen LogP) is 3.19. The molecule has 1 aliphatic rings. The van der Waals surface area contributed by atoms with Crippen molar-refractivity contribution in [3.05, 3.63) is 24.3 Å². The van der Waals surface area contributed by atoms with Crippen LogP contribution in [0.4, 0.5) is 5.69 Å². The third-order valence-electron chi connectivity index (χ3n) is 3.50. The highest BCUT2D eigenvalue weighted by molar-refractivity contribution is 7.85. The van der Waals surface area contributed by atoms with Gasteiger partial charge in [0.1, 0.15) is 5.75 Å². The average molecular weight is 281 g/mol. The number of rotatable bonds is 5. The van der Waals surface area contributed by atoms with Gasteiger partial charge in [0.15, 0.2) is 0 Å². The van der Waals surface area contributed by atoms with Gasteiger partial charge >= 0.3 is 0 Å². The highest BCUT2D eigenvalue weighted by atomic mass is 32.2. The number of benzene rings is 1. The molecule has 1 aliphatic heterocycles. The fraction of sp³-hybridized carbons (Fsp3) is 0.600. The molecule has 0 aliphatic carbocycles. The molecule has 1 fully saturated rings. The Labute approximate surface area is 118 Å². The molecule has 1 atom stereocenters. The van der Waals surface area contributed by atoms with Gasteiger partial charge in [-0.2, -0.15) is 0 Å². The summed E-state index contributed by atoms with van der Waals surface area (Å²) in [5.74, 6) is 2.56. The molecule has 4 heteroatoms. The lowest BCUT2D eigenvalue weighted by atomic mass is 10.1. The maximum atomic E-state index is 11.3. The minimum Gasteiger partial charge on any atom is -0.491 e. The summed E-state index contributed by atoms with van der Waals surface area (Å²) in [6.07, 6.45) is 3.23. The second kappa shape index (κ2) is 6.94. The topological polar surface area (TPSA) is 38.3 Å². The normalized spacial score (nSPS) is 24.7. The molecule has 1 saturated heterocycles. The van der Waals surface area contributed by atoms with Crippen molar-refractivity contribution in [1.29, 1.82) is 0 Å². The van der Waals surface area contributed by atoms with Gasteiger partial charge in [-0.05, 0) is 38.3 Å². The van der Waals surface area contributed by atoms with Crippen LogP contribution in [0.3, 0.4) is 0 Å². The maximum absolute atomic E-state index is 11.3. The highest BCUT2D eigenvalue weighted by Gasteiger charge is 2.17. The number of nitrogens with one attached hydrogen (secondary N) is 1. The molecular formula is C15H23NO2S. The monoisotopic (exact) mass is 281 g/mol. The summed E-state index contributed by atoms with van der Waals surface area (Å²) in [5, 5.41) is 3.52. The van der Waals surface area contributed by atoms with Crippen LogP contribution in [-0.4, -0.2) is 27.9 Å². The fourth-order valence-corrected chi connectivity index (χ4v) is 3.45. The van der Waals surface area contributed by atoms with E-state index in [1.807, 2.05) is 12.1 Å². The minimum atomic E-state index is -0.597. The Hall–Kier alpha value is -1.03. The lowest BCUT2D eigenvalue weighted by Gasteiger charge is -2.24. The molecule has 2 rings (SSSR count). The van der Waals surface area contributed by atoms with Gasteiger partial charge in [0.05, 0.1) is 6.10 Å². The smallest absolute Gasteiger partial charge is 0.121 e. The van der Waals surface area contributed by atoms with E-state index in [0.717, 1.165) is 42.2 Å². The average Bonchev–Trinajstić information content (AvgIpc) is 2.42. The zero-order valence-corrected chi connectivity index (χ0v) is 12.5. The van der Waals surface area contributed by atoms with Crippen LogP contribution in [0.15, 0.2) is 24.3 Å². The van der Waals surface area contributed by atoms with Gasteiger partial charge in [-0.25, -0.2) is 0 Å². The van der Waals surface area contributed by atoms with Crippen LogP contribution in [0.2, 0.25) is 0 Å². The molecule has 3 nitrogen and oxygen atoms in total. The van der Waals surface area contributed by atoms with E-state index >= 15 is 0 Å². The van der Waals surface area contributed by atoms with E-state index in [4.69, 9.17) is 4.74 Å². The van der Waals surface area contributed by atoms with Crippen molar-refractivity contribution < 1.29 is 8.95 Å². The summed E-state index contributed by atoms with van der Waals surface area (Å²) < 4.78 is 17.2. The number of hydrogen-bond acceptors (Lipinski definition) is 3. The molecule has 1 heterocycles. The predicted molar refractivity (Wildman–Crippen MR) is 81.3 cm³/mol. The first-order valence-corrected chi connectivity index (χ1v) is 8.54. The van der Waals surface area contributed by atoms with E-state index in [0.29, 0.717) is 6.04 Å². The summed E-state index contributed by atoms with van der Waals surface area (Å²) in [6, 6.07) is 8.57. The van der Waals surface area contributed by atoms with E-state index in [1.165, 1.54) is 0 Å². The molecule has 0 saturated carbocycles. The number of ether oxygens (including phenoxy) is 1. The lowest BCUT2D eigenvalue weighted by molar-refractivity contribution is 0.217. The zero-order chi connectivity index (χ0) is 13.7. The van der Waals surface area contributed by atoms with Gasteiger partial charge in [0.25, 0.3) is 0 Å². The quantitative estimate of drug-likeness (QED) is 0.901. The molecule has 1 N–H and O–H groups in total. The standard InChI is InChI=1S/C15H23NO2S/c1-3-12(2)18-15-6-4-5-14(11-15)16-13-7-9-19(17)10-8-13/h4-6,11-13,16H,3,7-10H2,1-2H3. The van der Waals surface area contributed by atoms with Crippen LogP contribution in [0.5, 0.6) is 5.75 Å². The van der Waals surface area contributed by atoms with Crippen LogP contribution in [0.25, 0.3) is 0 Å². The van der Waals surface area contributed by atoms with Gasteiger partial charge in [-0.3, -0.25) is 4.21 Å². The molecule has 0 bridgehead atoms. The summed E-state index contributed by atoms with van der Waals surface area (Å²) >= 11 is 0. The van der Waals surface area contributed by atoms with E-state index in [1.54, 1.807) is 0 Å². The fourth-order valence-electron chi connectivity index (χ4n) is 2.15. The van der Waals surface area contributed by atoms with Gasteiger partial charge in [0, 0.05) is 40.1 Å². The van der Waals surface area contributed by atoms with Crippen LogP contribution in [0, 0.1) is 0 Å². The van der Waals surface area contributed by atoms with Crippen LogP contribution in [0.1, 0.15) is 33.1 Å². The van der Waals surface area contributed by atoms with E-state index < -0.39 is 10.8 Å². The molecule has 0 amide bonds. The van der Waals surface area contributed by atoms with Crippen molar-refractivity contribution >= 4 is 16.5 Å².